The van der Waals surface area contributed by atoms with Crippen LogP contribution in [0.2, 0.25) is 0 Å². The molecule has 0 aliphatic rings. The average Bonchev–Trinajstić information content (AvgIpc) is 2.74. The number of Topliss-reactive ketones (excluding diaryl/α,β-unsaturated/α-hetero) is 1. The maximum absolute atomic E-state index is 14.5. The van der Waals surface area contributed by atoms with Crippen molar-refractivity contribution in [3.8, 4) is 11.1 Å². The second kappa shape index (κ2) is 9.11. The number of thioether (sulfide) groups is 1. The molecule has 0 spiro atoms. The van der Waals surface area contributed by atoms with Gasteiger partial charge >= 0.3 is 0 Å². The van der Waals surface area contributed by atoms with Gasteiger partial charge in [-0.05, 0) is 20.4 Å². The fourth-order valence-corrected chi connectivity index (χ4v) is 4.23. The number of rotatable bonds is 7. The normalized spacial score (nSPS) is 13.4. The van der Waals surface area contributed by atoms with Crippen LogP contribution in [0.15, 0.2) is 4.90 Å². The second-order valence-electron chi connectivity index (χ2n) is 6.44. The smallest absolute Gasteiger partial charge is 0.200 e. The zero-order chi connectivity index (χ0) is 23.8. The molecule has 0 amide bonds. The Labute approximate surface area is 174 Å². The molecule has 0 aliphatic heterocycles. The standard InChI is InChI=1S/C19H14F9NOS/c1-4-19(29-3,6(2)30)5-31-18-16(27)11(22)8(12(23)17(18)28)7-9(20)13(24)15(26)14(25)10(7)21/h29H,4-5H2,1-3H3. The van der Waals surface area contributed by atoms with Crippen LogP contribution in [0.3, 0.4) is 0 Å². The Hall–Kier alpha value is -2.21. The Morgan fingerprint density at radius 2 is 1.10 bits per heavy atom. The van der Waals surface area contributed by atoms with Gasteiger partial charge in [-0.1, -0.05) is 6.92 Å². The van der Waals surface area contributed by atoms with E-state index < -0.39 is 79.7 Å². The number of carbonyl (C=O) groups is 1. The molecule has 0 fully saturated rings. The summed E-state index contributed by atoms with van der Waals surface area (Å²) in [6, 6.07) is 0. The van der Waals surface area contributed by atoms with Gasteiger partial charge < -0.3 is 5.32 Å². The van der Waals surface area contributed by atoms with Gasteiger partial charge in [-0.25, -0.2) is 39.5 Å². The molecule has 0 heterocycles. The molecule has 0 bridgehead atoms. The van der Waals surface area contributed by atoms with Crippen LogP contribution in [0.4, 0.5) is 39.5 Å². The largest absolute Gasteiger partial charge is 0.307 e. The van der Waals surface area contributed by atoms with E-state index in [1.807, 2.05) is 0 Å². The predicted octanol–water partition coefficient (Wildman–Crippen LogP) is 5.65. The van der Waals surface area contributed by atoms with E-state index in [1.165, 1.54) is 14.0 Å². The van der Waals surface area contributed by atoms with Crippen LogP contribution in [0.1, 0.15) is 20.3 Å². The Morgan fingerprint density at radius 3 is 1.42 bits per heavy atom. The summed E-state index contributed by atoms with van der Waals surface area (Å²) in [5.74, 6) is -22.8. The van der Waals surface area contributed by atoms with Gasteiger partial charge in [0.25, 0.3) is 0 Å². The van der Waals surface area contributed by atoms with Gasteiger partial charge in [0.1, 0.15) is 0 Å². The third-order valence-electron chi connectivity index (χ3n) is 4.90. The van der Waals surface area contributed by atoms with E-state index in [0.717, 1.165) is 0 Å². The van der Waals surface area contributed by atoms with E-state index in [0.29, 0.717) is 0 Å². The van der Waals surface area contributed by atoms with E-state index in [2.05, 4.69) is 5.32 Å². The monoisotopic (exact) mass is 475 g/mol. The van der Waals surface area contributed by atoms with Crippen LogP contribution in [-0.4, -0.2) is 24.1 Å². The zero-order valence-corrected chi connectivity index (χ0v) is 16.9. The molecule has 2 aromatic rings. The molecule has 0 aliphatic carbocycles. The Bertz CT molecular complexity index is 996. The number of carbonyl (C=O) groups excluding carboxylic acids is 1. The van der Waals surface area contributed by atoms with Gasteiger partial charge in [0.05, 0.1) is 21.6 Å². The van der Waals surface area contributed by atoms with E-state index in [4.69, 9.17) is 0 Å². The van der Waals surface area contributed by atoms with E-state index in [9.17, 15) is 44.3 Å². The highest BCUT2D eigenvalue weighted by Gasteiger charge is 2.36. The van der Waals surface area contributed by atoms with Crippen LogP contribution in [-0.2, 0) is 4.79 Å². The molecule has 0 aromatic heterocycles. The third-order valence-corrected chi connectivity index (χ3v) is 6.19. The SMILES string of the molecule is CCC(CSc1c(F)c(F)c(-c2c(F)c(F)c(F)c(F)c2F)c(F)c1F)(NC)C(C)=O. The van der Waals surface area contributed by atoms with Crippen LogP contribution in [0.5, 0.6) is 0 Å². The Kier molecular flexibility index (Phi) is 7.36. The summed E-state index contributed by atoms with van der Waals surface area (Å²) < 4.78 is 126. The summed E-state index contributed by atoms with van der Waals surface area (Å²) >= 11 is 0.198. The Morgan fingerprint density at radius 1 is 0.742 bits per heavy atom. The molecule has 1 N–H and O–H groups in total. The first-order valence-corrected chi connectivity index (χ1v) is 9.55. The molecule has 31 heavy (non-hydrogen) atoms. The van der Waals surface area contributed by atoms with Gasteiger partial charge in [-0.2, -0.15) is 0 Å². The van der Waals surface area contributed by atoms with Crippen LogP contribution >= 0.6 is 11.8 Å². The fraction of sp³-hybridized carbons (Fsp3) is 0.316. The van der Waals surface area contributed by atoms with E-state index in [1.54, 1.807) is 6.92 Å². The molecule has 1 unspecified atom stereocenters. The average molecular weight is 475 g/mol. The summed E-state index contributed by atoms with van der Waals surface area (Å²) in [7, 11) is 1.38. The van der Waals surface area contributed by atoms with Crippen molar-refractivity contribution in [3.05, 3.63) is 52.4 Å². The summed E-state index contributed by atoms with van der Waals surface area (Å²) in [4.78, 5) is 10.6. The fourth-order valence-electron chi connectivity index (χ4n) is 2.86. The lowest BCUT2D eigenvalue weighted by Gasteiger charge is -2.29. The number of hydrogen-bond acceptors (Lipinski definition) is 3. The van der Waals surface area contributed by atoms with Crippen molar-refractivity contribution in [2.45, 2.75) is 30.7 Å². The summed E-state index contributed by atoms with van der Waals surface area (Å²) in [5, 5.41) is 2.65. The molecule has 2 nitrogen and oxygen atoms in total. The topological polar surface area (TPSA) is 29.1 Å². The highest BCUT2D eigenvalue weighted by molar-refractivity contribution is 7.99. The second-order valence-corrected chi connectivity index (χ2v) is 7.42. The minimum Gasteiger partial charge on any atom is -0.307 e. The number of ketones is 1. The van der Waals surface area contributed by atoms with Crippen molar-refractivity contribution >= 4 is 17.5 Å². The van der Waals surface area contributed by atoms with E-state index >= 15 is 0 Å². The lowest BCUT2D eigenvalue weighted by atomic mass is 9.94. The van der Waals surface area contributed by atoms with Crippen LogP contribution in [0, 0.1) is 52.4 Å². The zero-order valence-electron chi connectivity index (χ0n) is 16.1. The van der Waals surface area contributed by atoms with Gasteiger partial charge in [-0.3, -0.25) is 4.79 Å². The number of halogens is 9. The van der Waals surface area contributed by atoms with Gasteiger partial charge in [-0.15, -0.1) is 11.8 Å². The highest BCUT2D eigenvalue weighted by atomic mass is 32.2. The molecule has 0 saturated carbocycles. The molecule has 0 saturated heterocycles. The van der Waals surface area contributed by atoms with Crippen LogP contribution < -0.4 is 5.32 Å². The summed E-state index contributed by atoms with van der Waals surface area (Å²) in [6.07, 6.45) is 0.142. The summed E-state index contributed by atoms with van der Waals surface area (Å²) in [6.45, 7) is 2.75. The van der Waals surface area contributed by atoms with Crippen LogP contribution in [0.25, 0.3) is 11.1 Å². The van der Waals surface area contributed by atoms with Gasteiger partial charge in [0, 0.05) is 5.75 Å². The summed E-state index contributed by atoms with van der Waals surface area (Å²) in [5.41, 5.74) is -5.55. The number of hydrogen-bond donors (Lipinski definition) is 1. The predicted molar refractivity (Wildman–Crippen MR) is 95.0 cm³/mol. The lowest BCUT2D eigenvalue weighted by molar-refractivity contribution is -0.122. The first kappa shape index (κ1) is 25.1. The molecular weight excluding hydrogens is 461 g/mol. The van der Waals surface area contributed by atoms with Crippen molar-refractivity contribution in [3.63, 3.8) is 0 Å². The molecule has 2 aromatic carbocycles. The highest BCUT2D eigenvalue weighted by Crippen LogP contribution is 2.40. The van der Waals surface area contributed by atoms with E-state index in [-0.39, 0.29) is 23.9 Å². The number of likely N-dealkylation sites (N-methyl/N-ethyl adjacent to an activating group) is 1. The molecule has 2 rings (SSSR count). The minimum absolute atomic E-state index is 0.142. The quantitative estimate of drug-likeness (QED) is 0.243. The molecule has 170 valence electrons. The van der Waals surface area contributed by atoms with Crippen molar-refractivity contribution in [2.75, 3.05) is 12.8 Å². The number of benzene rings is 2. The molecule has 0 radical (unpaired) electrons. The maximum atomic E-state index is 14.5. The first-order valence-electron chi connectivity index (χ1n) is 8.56. The van der Waals surface area contributed by atoms with Gasteiger partial charge in [0.2, 0.25) is 5.82 Å². The number of nitrogens with one attached hydrogen (secondary N) is 1. The lowest BCUT2D eigenvalue weighted by Crippen LogP contribution is -2.51. The maximum Gasteiger partial charge on any atom is 0.200 e. The van der Waals surface area contributed by atoms with Gasteiger partial charge in [0.15, 0.2) is 52.3 Å². The third kappa shape index (κ3) is 4.02. The van der Waals surface area contributed by atoms with Crippen molar-refractivity contribution in [1.82, 2.24) is 5.32 Å². The minimum atomic E-state index is -2.63. The first-order chi connectivity index (χ1) is 14.4. The molecular formula is C19H14F9NOS. The van der Waals surface area contributed by atoms with Crippen molar-refractivity contribution < 1.29 is 44.3 Å². The molecule has 12 heteroatoms. The molecule has 1 atom stereocenters. The Balaban J connectivity index is 2.71. The van der Waals surface area contributed by atoms with Crippen molar-refractivity contribution in [1.29, 1.82) is 0 Å². The van der Waals surface area contributed by atoms with Crippen molar-refractivity contribution in [2.24, 2.45) is 0 Å².